The zero-order valence-corrected chi connectivity index (χ0v) is 18.1. The minimum Gasteiger partial charge on any atom is -0.481 e. The van der Waals surface area contributed by atoms with Crippen molar-refractivity contribution in [2.75, 3.05) is 6.54 Å². The first-order chi connectivity index (χ1) is 13.5. The van der Waals surface area contributed by atoms with Crippen LogP contribution in [-0.4, -0.2) is 32.7 Å². The second-order valence-electron chi connectivity index (χ2n) is 7.05. The van der Waals surface area contributed by atoms with Crippen molar-refractivity contribution in [3.8, 4) is 0 Å². The Hall–Kier alpha value is -1.66. The fraction of sp³-hybridized carbons (Fsp3) is 0.500. The molecule has 28 heavy (non-hydrogen) atoms. The van der Waals surface area contributed by atoms with E-state index in [1.807, 2.05) is 18.2 Å². The van der Waals surface area contributed by atoms with Crippen molar-refractivity contribution in [1.29, 1.82) is 0 Å². The van der Waals surface area contributed by atoms with Crippen molar-refractivity contribution in [2.45, 2.75) is 64.7 Å². The molecule has 0 atom stereocenters. The molecular formula is C22H29NO3S2. The Kier molecular flexibility index (Phi) is 9.71. The van der Waals surface area contributed by atoms with Crippen LogP contribution in [0.15, 0.2) is 29.2 Å². The van der Waals surface area contributed by atoms with E-state index in [0.717, 1.165) is 56.9 Å². The monoisotopic (exact) mass is 419 g/mol. The zero-order chi connectivity index (χ0) is 20.4. The maximum absolute atomic E-state index is 12.6. The van der Waals surface area contributed by atoms with Crippen molar-refractivity contribution in [3.05, 3.63) is 40.3 Å². The van der Waals surface area contributed by atoms with Gasteiger partial charge in [0.05, 0.1) is 4.91 Å². The van der Waals surface area contributed by atoms with Crippen LogP contribution >= 0.6 is 24.0 Å². The number of carbonyl (C=O) groups is 2. The van der Waals surface area contributed by atoms with Crippen molar-refractivity contribution < 1.29 is 14.7 Å². The topological polar surface area (TPSA) is 57.6 Å². The third-order valence-electron chi connectivity index (χ3n) is 4.83. The summed E-state index contributed by atoms with van der Waals surface area (Å²) in [5, 5.41) is 8.61. The Labute approximate surface area is 177 Å². The van der Waals surface area contributed by atoms with Crippen molar-refractivity contribution >= 4 is 46.3 Å². The third-order valence-corrected chi connectivity index (χ3v) is 6.21. The second-order valence-corrected chi connectivity index (χ2v) is 8.72. The number of carboxylic acid groups (broad SMARTS) is 1. The molecule has 152 valence electrons. The molecule has 0 saturated carbocycles. The average Bonchev–Trinajstić information content (AvgIpc) is 2.94. The van der Waals surface area contributed by atoms with Gasteiger partial charge in [-0.25, -0.2) is 0 Å². The summed E-state index contributed by atoms with van der Waals surface area (Å²) in [5.74, 6) is -0.696. The highest BCUT2D eigenvalue weighted by Gasteiger charge is 2.31. The van der Waals surface area contributed by atoms with E-state index in [-0.39, 0.29) is 12.3 Å². The summed E-state index contributed by atoms with van der Waals surface area (Å²) in [5.41, 5.74) is 2.31. The molecule has 0 unspecified atom stereocenters. The number of nitrogens with zero attached hydrogens (tertiary/aromatic N) is 1. The minimum atomic E-state index is -0.712. The Morgan fingerprint density at radius 1 is 1.07 bits per heavy atom. The maximum Gasteiger partial charge on any atom is 0.303 e. The molecule has 1 fully saturated rings. The summed E-state index contributed by atoms with van der Waals surface area (Å²) in [7, 11) is 0. The zero-order valence-electron chi connectivity index (χ0n) is 16.5. The lowest BCUT2D eigenvalue weighted by molar-refractivity contribution is -0.137. The van der Waals surface area contributed by atoms with Gasteiger partial charge in [-0.15, -0.1) is 0 Å². The number of hydrogen-bond donors (Lipinski definition) is 1. The molecule has 1 aliphatic rings. The van der Waals surface area contributed by atoms with Gasteiger partial charge in [0.15, 0.2) is 0 Å². The van der Waals surface area contributed by atoms with Crippen LogP contribution in [0.5, 0.6) is 0 Å². The molecule has 0 spiro atoms. The third kappa shape index (κ3) is 7.40. The van der Waals surface area contributed by atoms with Crippen LogP contribution in [0.1, 0.15) is 69.4 Å². The van der Waals surface area contributed by atoms with Gasteiger partial charge >= 0.3 is 5.97 Å². The lowest BCUT2D eigenvalue weighted by atomic mass is 10.1. The van der Waals surface area contributed by atoms with Crippen molar-refractivity contribution in [2.24, 2.45) is 0 Å². The molecule has 0 radical (unpaired) electrons. The van der Waals surface area contributed by atoms with Gasteiger partial charge in [-0.2, -0.15) is 0 Å². The number of rotatable bonds is 12. The van der Waals surface area contributed by atoms with Crippen molar-refractivity contribution in [1.82, 2.24) is 4.90 Å². The molecule has 0 bridgehead atoms. The van der Waals surface area contributed by atoms with Crippen LogP contribution in [0.25, 0.3) is 6.08 Å². The summed E-state index contributed by atoms with van der Waals surface area (Å²) in [6, 6.07) is 8.27. The molecule has 1 aromatic rings. The number of aliphatic carboxylic acids is 1. The number of amides is 1. The first kappa shape index (κ1) is 22.6. The summed E-state index contributed by atoms with van der Waals surface area (Å²) in [6.45, 7) is 2.80. The van der Waals surface area contributed by atoms with E-state index in [2.05, 4.69) is 19.1 Å². The number of benzene rings is 1. The van der Waals surface area contributed by atoms with Gasteiger partial charge in [-0.1, -0.05) is 87.3 Å². The smallest absolute Gasteiger partial charge is 0.303 e. The van der Waals surface area contributed by atoms with E-state index in [9.17, 15) is 9.59 Å². The molecule has 1 aromatic carbocycles. The van der Waals surface area contributed by atoms with Gasteiger partial charge in [0, 0.05) is 13.0 Å². The highest BCUT2D eigenvalue weighted by Crippen LogP contribution is 2.32. The molecule has 6 heteroatoms. The Balaban J connectivity index is 1.70. The molecule has 2 rings (SSSR count). The molecule has 1 N–H and O–H groups in total. The SMILES string of the molecule is CCc1ccc(/C=C2\SC(=S)N(CCCCCCCCCC(=O)O)C2=O)cc1. The van der Waals surface area contributed by atoms with E-state index in [0.29, 0.717) is 15.8 Å². The summed E-state index contributed by atoms with van der Waals surface area (Å²) >= 11 is 6.79. The highest BCUT2D eigenvalue weighted by atomic mass is 32.2. The normalized spacial score (nSPS) is 15.6. The number of unbranched alkanes of at least 4 members (excludes halogenated alkanes) is 6. The first-order valence-electron chi connectivity index (χ1n) is 10.1. The standard InChI is InChI=1S/C22H29NO3S2/c1-2-17-11-13-18(14-12-17)16-19-21(26)23(22(27)28-19)15-9-7-5-3-4-6-8-10-20(24)25/h11-14,16H,2-10,15H2,1H3,(H,24,25)/b19-16-. The van der Waals surface area contributed by atoms with Crippen LogP contribution < -0.4 is 0 Å². The molecular weight excluding hydrogens is 390 g/mol. The fourth-order valence-corrected chi connectivity index (χ4v) is 4.43. The number of carboxylic acids is 1. The van der Waals surface area contributed by atoms with Crippen LogP contribution in [0.4, 0.5) is 0 Å². The molecule has 0 aromatic heterocycles. The van der Waals surface area contributed by atoms with E-state index in [4.69, 9.17) is 17.3 Å². The lowest BCUT2D eigenvalue weighted by Crippen LogP contribution is -2.29. The molecule has 1 heterocycles. The fourth-order valence-electron chi connectivity index (χ4n) is 3.12. The average molecular weight is 420 g/mol. The van der Waals surface area contributed by atoms with Gasteiger partial charge in [0.2, 0.25) is 0 Å². The Morgan fingerprint density at radius 2 is 1.68 bits per heavy atom. The van der Waals surface area contributed by atoms with E-state index in [1.165, 1.54) is 17.3 Å². The minimum absolute atomic E-state index is 0.0169. The summed E-state index contributed by atoms with van der Waals surface area (Å²) in [6.07, 6.45) is 10.3. The predicted octanol–water partition coefficient (Wildman–Crippen LogP) is 5.66. The summed E-state index contributed by atoms with van der Waals surface area (Å²) < 4.78 is 0.648. The van der Waals surface area contributed by atoms with Crippen LogP contribution in [-0.2, 0) is 16.0 Å². The molecule has 1 amide bonds. The van der Waals surface area contributed by atoms with Gasteiger partial charge in [-0.05, 0) is 36.5 Å². The Bertz CT molecular complexity index is 713. The molecule has 0 aliphatic carbocycles. The van der Waals surface area contributed by atoms with Crippen molar-refractivity contribution in [3.63, 3.8) is 0 Å². The number of thiocarbonyl (C=S) groups is 1. The predicted molar refractivity (Wildman–Crippen MR) is 120 cm³/mol. The van der Waals surface area contributed by atoms with E-state index < -0.39 is 5.97 Å². The van der Waals surface area contributed by atoms with Gasteiger partial charge in [0.1, 0.15) is 4.32 Å². The number of carbonyl (C=O) groups excluding carboxylic acids is 1. The largest absolute Gasteiger partial charge is 0.481 e. The second kappa shape index (κ2) is 12.0. The number of thioether (sulfide) groups is 1. The van der Waals surface area contributed by atoms with E-state index >= 15 is 0 Å². The van der Waals surface area contributed by atoms with E-state index in [1.54, 1.807) is 4.90 Å². The quantitative estimate of drug-likeness (QED) is 0.269. The maximum atomic E-state index is 12.6. The van der Waals surface area contributed by atoms with Gasteiger partial charge < -0.3 is 5.11 Å². The van der Waals surface area contributed by atoms with Crippen LogP contribution in [0.2, 0.25) is 0 Å². The number of aryl methyl sites for hydroxylation is 1. The van der Waals surface area contributed by atoms with Gasteiger partial charge in [-0.3, -0.25) is 14.5 Å². The summed E-state index contributed by atoms with van der Waals surface area (Å²) in [4.78, 5) is 25.5. The lowest BCUT2D eigenvalue weighted by Gasteiger charge is -2.14. The van der Waals surface area contributed by atoms with Gasteiger partial charge in [0.25, 0.3) is 5.91 Å². The molecule has 4 nitrogen and oxygen atoms in total. The first-order valence-corrected chi connectivity index (χ1v) is 11.3. The molecule has 1 saturated heterocycles. The molecule has 1 aliphatic heterocycles. The Morgan fingerprint density at radius 3 is 2.29 bits per heavy atom. The van der Waals surface area contributed by atoms with Crippen LogP contribution in [0.3, 0.4) is 0 Å². The van der Waals surface area contributed by atoms with Crippen LogP contribution in [0, 0.1) is 0 Å². The number of hydrogen-bond acceptors (Lipinski definition) is 4. The highest BCUT2D eigenvalue weighted by molar-refractivity contribution is 8.26.